The number of pyridine rings is 2. The molecule has 0 saturated carbocycles. The van der Waals surface area contributed by atoms with Gasteiger partial charge in [-0.15, -0.1) is 0 Å². The molecule has 0 aliphatic carbocycles. The van der Waals surface area contributed by atoms with E-state index >= 15 is 0 Å². The molecule has 0 bridgehead atoms. The van der Waals surface area contributed by atoms with E-state index in [1.165, 1.54) is 6.20 Å². The summed E-state index contributed by atoms with van der Waals surface area (Å²) >= 11 is 6.13. The van der Waals surface area contributed by atoms with E-state index < -0.39 is 0 Å². The quantitative estimate of drug-likeness (QED) is 0.338. The number of nitrogens with zero attached hydrogens (tertiary/aromatic N) is 2. The minimum Gasteiger partial charge on any atom is -0.618 e. The molecule has 3 nitrogen and oxygen atoms in total. The van der Waals surface area contributed by atoms with Crippen LogP contribution in [-0.2, 0) is 0 Å². The standard InChI is InChI=1S/C12H7ClN2O/c13-10-7-8-3-1-5-14-11(8)12-9(10)4-2-6-15(12)16/h1-7H. The molecule has 0 fully saturated rings. The molecule has 0 atom stereocenters. The Morgan fingerprint density at radius 3 is 3.00 bits per heavy atom. The normalized spacial score (nSPS) is 11.1. The number of hydrogen-bond acceptors (Lipinski definition) is 2. The highest BCUT2D eigenvalue weighted by Gasteiger charge is 2.12. The summed E-state index contributed by atoms with van der Waals surface area (Å²) in [7, 11) is 0. The van der Waals surface area contributed by atoms with E-state index in [-0.39, 0.29) is 0 Å². The lowest BCUT2D eigenvalue weighted by Gasteiger charge is -2.05. The van der Waals surface area contributed by atoms with Crippen molar-refractivity contribution in [3.8, 4) is 0 Å². The van der Waals surface area contributed by atoms with Gasteiger partial charge in [-0.25, -0.2) is 4.98 Å². The second-order valence-electron chi connectivity index (χ2n) is 3.53. The second-order valence-corrected chi connectivity index (χ2v) is 3.94. The molecule has 2 heterocycles. The fourth-order valence-corrected chi connectivity index (χ4v) is 2.13. The Labute approximate surface area is 96.5 Å². The highest BCUT2D eigenvalue weighted by atomic mass is 35.5. The third kappa shape index (κ3) is 1.22. The van der Waals surface area contributed by atoms with Crippen molar-refractivity contribution in [1.29, 1.82) is 0 Å². The molecule has 0 aliphatic rings. The third-order valence-corrected chi connectivity index (χ3v) is 2.88. The highest BCUT2D eigenvalue weighted by Crippen LogP contribution is 2.27. The minimum absolute atomic E-state index is 0.519. The Bertz CT molecular complexity index is 697. The van der Waals surface area contributed by atoms with Gasteiger partial charge in [-0.1, -0.05) is 17.7 Å². The van der Waals surface area contributed by atoms with E-state index in [4.69, 9.17) is 11.6 Å². The Kier molecular flexibility index (Phi) is 1.94. The third-order valence-electron chi connectivity index (χ3n) is 2.56. The maximum atomic E-state index is 11.8. The van der Waals surface area contributed by atoms with Gasteiger partial charge in [0, 0.05) is 17.6 Å². The smallest absolute Gasteiger partial charge is 0.251 e. The van der Waals surface area contributed by atoms with Crippen molar-refractivity contribution in [2.24, 2.45) is 0 Å². The van der Waals surface area contributed by atoms with Crippen LogP contribution < -0.4 is 4.73 Å². The van der Waals surface area contributed by atoms with Crippen molar-refractivity contribution >= 4 is 33.4 Å². The van der Waals surface area contributed by atoms with Gasteiger partial charge < -0.3 is 5.21 Å². The molecule has 0 spiro atoms. The summed E-state index contributed by atoms with van der Waals surface area (Å²) < 4.78 is 0.802. The molecule has 0 aliphatic heterocycles. The SMILES string of the molecule is [O-][n+]1cccc2c(Cl)cc3cccnc3c21. The predicted octanol–water partition coefficient (Wildman–Crippen LogP) is 2.67. The number of rotatable bonds is 0. The molecule has 1 aromatic carbocycles. The van der Waals surface area contributed by atoms with Crippen LogP contribution in [0.1, 0.15) is 0 Å². The first-order chi connectivity index (χ1) is 7.77. The second kappa shape index (κ2) is 3.32. The lowest BCUT2D eigenvalue weighted by atomic mass is 10.1. The van der Waals surface area contributed by atoms with Crippen LogP contribution in [0.3, 0.4) is 0 Å². The van der Waals surface area contributed by atoms with Crippen LogP contribution in [0, 0.1) is 5.21 Å². The lowest BCUT2D eigenvalue weighted by Crippen LogP contribution is -2.26. The van der Waals surface area contributed by atoms with Crippen LogP contribution in [0.5, 0.6) is 0 Å². The number of benzene rings is 1. The fourth-order valence-electron chi connectivity index (χ4n) is 1.86. The number of hydrogen-bond donors (Lipinski definition) is 0. The summed E-state index contributed by atoms with van der Waals surface area (Å²) in [5, 5.41) is 13.9. The molecular weight excluding hydrogens is 224 g/mol. The van der Waals surface area contributed by atoms with E-state index in [0.29, 0.717) is 16.1 Å². The molecule has 0 N–H and O–H groups in total. The number of halogens is 1. The largest absolute Gasteiger partial charge is 0.618 e. The molecule has 4 heteroatoms. The van der Waals surface area contributed by atoms with Crippen LogP contribution in [0.25, 0.3) is 21.8 Å². The maximum Gasteiger partial charge on any atom is 0.251 e. The van der Waals surface area contributed by atoms with Gasteiger partial charge >= 0.3 is 0 Å². The first-order valence-corrected chi connectivity index (χ1v) is 5.20. The van der Waals surface area contributed by atoms with Crippen molar-refractivity contribution in [3.05, 3.63) is 53.0 Å². The van der Waals surface area contributed by atoms with Crippen LogP contribution in [0.4, 0.5) is 0 Å². The van der Waals surface area contributed by atoms with E-state index in [0.717, 1.165) is 15.5 Å². The zero-order valence-electron chi connectivity index (χ0n) is 8.22. The monoisotopic (exact) mass is 230 g/mol. The Hall–Kier alpha value is -1.87. The summed E-state index contributed by atoms with van der Waals surface area (Å²) in [4.78, 5) is 4.23. The van der Waals surface area contributed by atoms with Crippen LogP contribution >= 0.6 is 11.6 Å². The molecule has 0 unspecified atom stereocenters. The van der Waals surface area contributed by atoms with Crippen molar-refractivity contribution < 1.29 is 4.73 Å². The average Bonchev–Trinajstić information content (AvgIpc) is 2.30. The van der Waals surface area contributed by atoms with Gasteiger partial charge in [0.15, 0.2) is 6.20 Å². The Morgan fingerprint density at radius 1 is 1.25 bits per heavy atom. The molecule has 16 heavy (non-hydrogen) atoms. The van der Waals surface area contributed by atoms with Gasteiger partial charge in [0.05, 0.1) is 10.4 Å². The van der Waals surface area contributed by atoms with Gasteiger partial charge in [0.25, 0.3) is 5.52 Å². The van der Waals surface area contributed by atoms with Gasteiger partial charge in [0.2, 0.25) is 0 Å². The molecule has 0 saturated heterocycles. The number of fused-ring (bicyclic) bond motifs is 3. The molecular formula is C12H7ClN2O. The highest BCUT2D eigenvalue weighted by molar-refractivity contribution is 6.36. The Balaban J connectivity index is 2.67. The maximum absolute atomic E-state index is 11.8. The van der Waals surface area contributed by atoms with Crippen LogP contribution in [0.2, 0.25) is 5.02 Å². The van der Waals surface area contributed by atoms with Gasteiger partial charge in [-0.05, 0) is 18.2 Å². The number of aromatic nitrogens is 2. The summed E-state index contributed by atoms with van der Waals surface area (Å²) in [5.41, 5.74) is 1.20. The van der Waals surface area contributed by atoms with Crippen LogP contribution in [-0.4, -0.2) is 4.98 Å². The average molecular weight is 231 g/mol. The van der Waals surface area contributed by atoms with Gasteiger partial charge in [-0.2, -0.15) is 4.73 Å². The van der Waals surface area contributed by atoms with E-state index in [9.17, 15) is 5.21 Å². The van der Waals surface area contributed by atoms with E-state index in [1.54, 1.807) is 12.3 Å². The van der Waals surface area contributed by atoms with Crippen molar-refractivity contribution in [2.45, 2.75) is 0 Å². The Morgan fingerprint density at radius 2 is 2.12 bits per heavy atom. The van der Waals surface area contributed by atoms with Crippen molar-refractivity contribution in [3.63, 3.8) is 0 Å². The summed E-state index contributed by atoms with van der Waals surface area (Å²) in [6.45, 7) is 0. The van der Waals surface area contributed by atoms with E-state index in [2.05, 4.69) is 4.98 Å². The first kappa shape index (κ1) is 9.36. The van der Waals surface area contributed by atoms with Crippen molar-refractivity contribution in [2.75, 3.05) is 0 Å². The summed E-state index contributed by atoms with van der Waals surface area (Å²) in [6, 6.07) is 9.03. The van der Waals surface area contributed by atoms with Crippen molar-refractivity contribution in [1.82, 2.24) is 4.98 Å². The molecule has 78 valence electrons. The minimum atomic E-state index is 0.519. The zero-order chi connectivity index (χ0) is 11.1. The van der Waals surface area contributed by atoms with Gasteiger partial charge in [-0.3, -0.25) is 0 Å². The summed E-state index contributed by atoms with van der Waals surface area (Å²) in [5.74, 6) is 0. The molecule has 3 rings (SSSR count). The first-order valence-electron chi connectivity index (χ1n) is 4.82. The molecule has 0 radical (unpaired) electrons. The fraction of sp³-hybridized carbons (Fsp3) is 0. The van der Waals surface area contributed by atoms with E-state index in [1.807, 2.05) is 24.3 Å². The summed E-state index contributed by atoms with van der Waals surface area (Å²) in [6.07, 6.45) is 3.12. The van der Waals surface area contributed by atoms with Crippen LogP contribution in [0.15, 0.2) is 42.7 Å². The molecule has 2 aromatic heterocycles. The predicted molar refractivity (Wildman–Crippen MR) is 63.2 cm³/mol. The molecule has 0 amide bonds. The lowest BCUT2D eigenvalue weighted by molar-refractivity contribution is -0.576. The molecule has 3 aromatic rings. The zero-order valence-corrected chi connectivity index (χ0v) is 8.98. The topological polar surface area (TPSA) is 39.8 Å². The van der Waals surface area contributed by atoms with Gasteiger partial charge in [0.1, 0.15) is 5.52 Å².